The Morgan fingerprint density at radius 3 is 2.95 bits per heavy atom. The van der Waals surface area contributed by atoms with E-state index in [0.717, 1.165) is 31.0 Å². The molecule has 2 N–H and O–H groups in total. The van der Waals surface area contributed by atoms with Gasteiger partial charge in [0.1, 0.15) is 17.5 Å². The molecule has 116 valence electrons. The van der Waals surface area contributed by atoms with E-state index in [9.17, 15) is 4.79 Å². The average Bonchev–Trinajstić information content (AvgIpc) is 2.91. The first-order chi connectivity index (χ1) is 10.5. The molecule has 3 heterocycles. The summed E-state index contributed by atoms with van der Waals surface area (Å²) in [4.78, 5) is 15.1. The van der Waals surface area contributed by atoms with E-state index in [4.69, 9.17) is 5.11 Å². The van der Waals surface area contributed by atoms with Crippen LogP contribution in [0.5, 0.6) is 0 Å². The highest BCUT2D eigenvalue weighted by molar-refractivity contribution is 5.85. The SMILES string of the molecule is CC(C)c1nnc2n1CC(Nc1cccc(C(=O)O)n1)CC2. The van der Waals surface area contributed by atoms with Gasteiger partial charge in [0.25, 0.3) is 0 Å². The molecule has 7 nitrogen and oxygen atoms in total. The summed E-state index contributed by atoms with van der Waals surface area (Å²) in [6, 6.07) is 5.17. The Morgan fingerprint density at radius 2 is 2.23 bits per heavy atom. The number of anilines is 1. The molecule has 3 rings (SSSR count). The number of rotatable bonds is 4. The molecular formula is C15H19N5O2. The third-order valence-corrected chi connectivity index (χ3v) is 3.81. The fourth-order valence-corrected chi connectivity index (χ4v) is 2.74. The van der Waals surface area contributed by atoms with E-state index in [0.29, 0.717) is 11.7 Å². The van der Waals surface area contributed by atoms with Crippen molar-refractivity contribution in [3.63, 3.8) is 0 Å². The quantitative estimate of drug-likeness (QED) is 0.896. The lowest BCUT2D eigenvalue weighted by molar-refractivity contribution is 0.0690. The van der Waals surface area contributed by atoms with Crippen LogP contribution in [0.15, 0.2) is 18.2 Å². The smallest absolute Gasteiger partial charge is 0.354 e. The largest absolute Gasteiger partial charge is 0.477 e. The second-order valence-electron chi connectivity index (χ2n) is 5.83. The van der Waals surface area contributed by atoms with Gasteiger partial charge in [-0.15, -0.1) is 10.2 Å². The molecule has 0 fully saturated rings. The molecule has 1 aliphatic rings. The van der Waals surface area contributed by atoms with Crippen LogP contribution in [0.25, 0.3) is 0 Å². The zero-order chi connectivity index (χ0) is 15.7. The van der Waals surface area contributed by atoms with Crippen LogP contribution in [0.3, 0.4) is 0 Å². The lowest BCUT2D eigenvalue weighted by Gasteiger charge is -2.26. The summed E-state index contributed by atoms with van der Waals surface area (Å²) in [7, 11) is 0. The van der Waals surface area contributed by atoms with Crippen molar-refractivity contribution in [2.24, 2.45) is 0 Å². The van der Waals surface area contributed by atoms with Crippen molar-refractivity contribution in [2.45, 2.75) is 45.2 Å². The highest BCUT2D eigenvalue weighted by Gasteiger charge is 2.24. The van der Waals surface area contributed by atoms with Crippen LogP contribution < -0.4 is 5.32 Å². The van der Waals surface area contributed by atoms with Gasteiger partial charge in [-0.05, 0) is 18.6 Å². The van der Waals surface area contributed by atoms with Gasteiger partial charge >= 0.3 is 5.97 Å². The van der Waals surface area contributed by atoms with Crippen LogP contribution in [0, 0.1) is 0 Å². The average molecular weight is 301 g/mol. The summed E-state index contributed by atoms with van der Waals surface area (Å²) < 4.78 is 2.16. The maximum absolute atomic E-state index is 11.0. The third kappa shape index (κ3) is 2.79. The predicted molar refractivity (Wildman–Crippen MR) is 81.0 cm³/mol. The van der Waals surface area contributed by atoms with Gasteiger partial charge in [-0.2, -0.15) is 0 Å². The van der Waals surface area contributed by atoms with Crippen molar-refractivity contribution < 1.29 is 9.90 Å². The van der Waals surface area contributed by atoms with Crippen LogP contribution in [0.1, 0.15) is 48.3 Å². The van der Waals surface area contributed by atoms with Crippen molar-refractivity contribution >= 4 is 11.8 Å². The molecule has 0 aromatic carbocycles. The molecule has 2 aromatic rings. The van der Waals surface area contributed by atoms with Gasteiger partial charge in [0.2, 0.25) is 0 Å². The summed E-state index contributed by atoms with van der Waals surface area (Å²) >= 11 is 0. The number of hydrogen-bond donors (Lipinski definition) is 2. The van der Waals surface area contributed by atoms with E-state index in [2.05, 4.69) is 38.9 Å². The molecule has 0 bridgehead atoms. The second kappa shape index (κ2) is 5.75. The van der Waals surface area contributed by atoms with Crippen molar-refractivity contribution in [1.82, 2.24) is 19.7 Å². The molecule has 0 radical (unpaired) electrons. The number of nitrogens with zero attached hydrogens (tertiary/aromatic N) is 4. The Morgan fingerprint density at radius 1 is 1.41 bits per heavy atom. The third-order valence-electron chi connectivity index (χ3n) is 3.81. The number of aryl methyl sites for hydroxylation is 1. The molecule has 0 spiro atoms. The molecule has 1 unspecified atom stereocenters. The van der Waals surface area contributed by atoms with Gasteiger partial charge in [0.15, 0.2) is 5.69 Å². The number of fused-ring (bicyclic) bond motifs is 1. The highest BCUT2D eigenvalue weighted by Crippen LogP contribution is 2.21. The van der Waals surface area contributed by atoms with Crippen LogP contribution in [-0.2, 0) is 13.0 Å². The van der Waals surface area contributed by atoms with E-state index >= 15 is 0 Å². The molecule has 0 aliphatic carbocycles. The lowest BCUT2D eigenvalue weighted by atomic mass is 10.1. The summed E-state index contributed by atoms with van der Waals surface area (Å²) in [6.45, 7) is 4.98. The van der Waals surface area contributed by atoms with Gasteiger partial charge in [0.05, 0.1) is 0 Å². The monoisotopic (exact) mass is 301 g/mol. The summed E-state index contributed by atoms with van der Waals surface area (Å²) in [5, 5.41) is 20.8. The van der Waals surface area contributed by atoms with Crippen LogP contribution >= 0.6 is 0 Å². The highest BCUT2D eigenvalue weighted by atomic mass is 16.4. The molecule has 7 heteroatoms. The summed E-state index contributed by atoms with van der Waals surface area (Å²) in [5.74, 6) is 1.92. The minimum Gasteiger partial charge on any atom is -0.477 e. The first-order valence-corrected chi connectivity index (χ1v) is 7.43. The van der Waals surface area contributed by atoms with Gasteiger partial charge in [-0.3, -0.25) is 0 Å². The number of aromatic carboxylic acids is 1. The molecule has 22 heavy (non-hydrogen) atoms. The number of carbonyl (C=O) groups is 1. The van der Waals surface area contributed by atoms with Gasteiger partial charge < -0.3 is 15.0 Å². The number of carboxylic acid groups (broad SMARTS) is 1. The van der Waals surface area contributed by atoms with E-state index < -0.39 is 5.97 Å². The summed E-state index contributed by atoms with van der Waals surface area (Å²) in [6.07, 6.45) is 1.78. The number of carboxylic acids is 1. The van der Waals surface area contributed by atoms with Crippen molar-refractivity contribution in [2.75, 3.05) is 5.32 Å². The normalized spacial score (nSPS) is 17.3. The Hall–Kier alpha value is -2.44. The van der Waals surface area contributed by atoms with E-state index in [-0.39, 0.29) is 11.7 Å². The molecule has 1 atom stereocenters. The van der Waals surface area contributed by atoms with Gasteiger partial charge in [-0.1, -0.05) is 19.9 Å². The maximum Gasteiger partial charge on any atom is 0.354 e. The standard InChI is InChI=1S/C15H19N5O2/c1-9(2)14-19-18-13-7-6-10(8-20(13)14)16-12-5-3-4-11(17-12)15(21)22/h3-5,9-10H,6-8H2,1-2H3,(H,16,17)(H,21,22). The van der Waals surface area contributed by atoms with Crippen LogP contribution in [-0.4, -0.2) is 36.9 Å². The summed E-state index contributed by atoms with van der Waals surface area (Å²) in [5.41, 5.74) is 0.0497. The molecule has 1 aliphatic heterocycles. The van der Waals surface area contributed by atoms with Crippen molar-refractivity contribution in [3.05, 3.63) is 35.5 Å². The Balaban J connectivity index is 1.76. The number of nitrogens with one attached hydrogen (secondary N) is 1. The van der Waals surface area contributed by atoms with E-state index in [1.165, 1.54) is 6.07 Å². The van der Waals surface area contributed by atoms with Gasteiger partial charge in [-0.25, -0.2) is 9.78 Å². The zero-order valence-corrected chi connectivity index (χ0v) is 12.7. The number of pyridine rings is 1. The molecule has 0 amide bonds. The molecule has 2 aromatic heterocycles. The fourth-order valence-electron chi connectivity index (χ4n) is 2.74. The first kappa shape index (κ1) is 14.5. The number of hydrogen-bond acceptors (Lipinski definition) is 5. The zero-order valence-electron chi connectivity index (χ0n) is 12.7. The molecule has 0 saturated heterocycles. The Bertz CT molecular complexity index is 695. The van der Waals surface area contributed by atoms with Crippen LogP contribution in [0.4, 0.5) is 5.82 Å². The van der Waals surface area contributed by atoms with Crippen molar-refractivity contribution in [3.8, 4) is 0 Å². The van der Waals surface area contributed by atoms with Crippen LogP contribution in [0.2, 0.25) is 0 Å². The lowest BCUT2D eigenvalue weighted by Crippen LogP contribution is -2.32. The van der Waals surface area contributed by atoms with E-state index in [1.54, 1.807) is 12.1 Å². The minimum absolute atomic E-state index is 0.0497. The molecular weight excluding hydrogens is 282 g/mol. The maximum atomic E-state index is 11.0. The second-order valence-corrected chi connectivity index (χ2v) is 5.83. The first-order valence-electron chi connectivity index (χ1n) is 7.43. The Labute approximate surface area is 128 Å². The Kier molecular flexibility index (Phi) is 3.79. The van der Waals surface area contributed by atoms with Gasteiger partial charge in [0, 0.05) is 24.9 Å². The predicted octanol–water partition coefficient (Wildman–Crippen LogP) is 1.92. The fraction of sp³-hybridized carbons (Fsp3) is 0.467. The molecule has 0 saturated carbocycles. The number of aromatic nitrogens is 4. The minimum atomic E-state index is -1.02. The van der Waals surface area contributed by atoms with E-state index in [1.807, 2.05) is 0 Å². The van der Waals surface area contributed by atoms with Crippen molar-refractivity contribution in [1.29, 1.82) is 0 Å². The topological polar surface area (TPSA) is 92.9 Å².